The standard InChI is InChI=1S/C8H16N2O2/c1-10(2)8(11)7-4-3-6(5-9)12-7/h6-7H,3-5,9H2,1-2H3/t6-,7-/m0/s1. The second-order valence-corrected chi connectivity index (χ2v) is 3.29. The molecule has 1 amide bonds. The molecule has 1 rings (SSSR count). The molecular weight excluding hydrogens is 156 g/mol. The molecule has 70 valence electrons. The summed E-state index contributed by atoms with van der Waals surface area (Å²) in [4.78, 5) is 12.9. The Morgan fingerprint density at radius 3 is 2.67 bits per heavy atom. The van der Waals surface area contributed by atoms with Crippen molar-refractivity contribution in [2.75, 3.05) is 20.6 Å². The molecular formula is C8H16N2O2. The first-order chi connectivity index (χ1) is 5.65. The number of rotatable bonds is 2. The Balaban J connectivity index is 2.41. The van der Waals surface area contributed by atoms with Gasteiger partial charge in [-0.05, 0) is 12.8 Å². The molecule has 1 fully saturated rings. The summed E-state index contributed by atoms with van der Waals surface area (Å²) in [6, 6.07) is 0. The molecule has 0 spiro atoms. The quantitative estimate of drug-likeness (QED) is 0.615. The van der Waals surface area contributed by atoms with Crippen LogP contribution in [-0.4, -0.2) is 43.7 Å². The van der Waals surface area contributed by atoms with Crippen LogP contribution in [0, 0.1) is 0 Å². The Labute approximate surface area is 72.7 Å². The highest BCUT2D eigenvalue weighted by Gasteiger charge is 2.30. The van der Waals surface area contributed by atoms with Gasteiger partial charge in [0.2, 0.25) is 0 Å². The van der Waals surface area contributed by atoms with Gasteiger partial charge in [0.25, 0.3) is 5.91 Å². The molecule has 1 aliphatic rings. The maximum Gasteiger partial charge on any atom is 0.251 e. The minimum absolute atomic E-state index is 0.0472. The third-order valence-electron chi connectivity index (χ3n) is 2.09. The van der Waals surface area contributed by atoms with Gasteiger partial charge in [0.05, 0.1) is 6.10 Å². The van der Waals surface area contributed by atoms with Gasteiger partial charge in [-0.1, -0.05) is 0 Å². The van der Waals surface area contributed by atoms with Crippen LogP contribution in [0.5, 0.6) is 0 Å². The van der Waals surface area contributed by atoms with Gasteiger partial charge in [-0.15, -0.1) is 0 Å². The van der Waals surface area contributed by atoms with Gasteiger partial charge >= 0.3 is 0 Å². The summed E-state index contributed by atoms with van der Waals surface area (Å²) in [6.07, 6.45) is 1.53. The monoisotopic (exact) mass is 172 g/mol. The largest absolute Gasteiger partial charge is 0.364 e. The lowest BCUT2D eigenvalue weighted by Gasteiger charge is -2.16. The Morgan fingerprint density at radius 1 is 1.58 bits per heavy atom. The highest BCUT2D eigenvalue weighted by atomic mass is 16.5. The summed E-state index contributed by atoms with van der Waals surface area (Å²) < 4.78 is 5.42. The molecule has 2 atom stereocenters. The number of nitrogens with zero attached hydrogens (tertiary/aromatic N) is 1. The Morgan fingerprint density at radius 2 is 2.25 bits per heavy atom. The summed E-state index contributed by atoms with van der Waals surface area (Å²) in [5.41, 5.74) is 5.42. The molecule has 1 aliphatic heterocycles. The minimum atomic E-state index is -0.256. The van der Waals surface area contributed by atoms with E-state index in [1.54, 1.807) is 19.0 Å². The van der Waals surface area contributed by atoms with E-state index < -0.39 is 0 Å². The minimum Gasteiger partial charge on any atom is -0.364 e. The first-order valence-electron chi connectivity index (χ1n) is 4.22. The maximum absolute atomic E-state index is 11.4. The second kappa shape index (κ2) is 3.87. The lowest BCUT2D eigenvalue weighted by atomic mass is 10.2. The van der Waals surface area contributed by atoms with E-state index in [2.05, 4.69) is 0 Å². The van der Waals surface area contributed by atoms with E-state index in [0.29, 0.717) is 6.54 Å². The molecule has 0 unspecified atom stereocenters. The van der Waals surface area contributed by atoms with E-state index in [0.717, 1.165) is 12.8 Å². The van der Waals surface area contributed by atoms with E-state index in [-0.39, 0.29) is 18.1 Å². The van der Waals surface area contributed by atoms with Crippen molar-refractivity contribution in [1.29, 1.82) is 0 Å². The third-order valence-corrected chi connectivity index (χ3v) is 2.09. The Hall–Kier alpha value is -0.610. The normalized spacial score (nSPS) is 28.9. The van der Waals surface area contributed by atoms with Crippen LogP contribution in [0.1, 0.15) is 12.8 Å². The number of carbonyl (C=O) groups excluding carboxylic acids is 1. The molecule has 0 aliphatic carbocycles. The van der Waals surface area contributed by atoms with Crippen molar-refractivity contribution in [2.45, 2.75) is 25.0 Å². The van der Waals surface area contributed by atoms with Crippen LogP contribution in [0.3, 0.4) is 0 Å². The van der Waals surface area contributed by atoms with E-state index in [4.69, 9.17) is 10.5 Å². The fourth-order valence-corrected chi connectivity index (χ4v) is 1.35. The smallest absolute Gasteiger partial charge is 0.251 e. The fourth-order valence-electron chi connectivity index (χ4n) is 1.35. The molecule has 0 bridgehead atoms. The van der Waals surface area contributed by atoms with Crippen molar-refractivity contribution in [2.24, 2.45) is 5.73 Å². The summed E-state index contributed by atoms with van der Waals surface area (Å²) in [6.45, 7) is 0.511. The van der Waals surface area contributed by atoms with Gasteiger partial charge in [0.15, 0.2) is 0 Å². The predicted octanol–water partition coefficient (Wildman–Crippen LogP) is -0.419. The van der Waals surface area contributed by atoms with Gasteiger partial charge in [-0.2, -0.15) is 0 Å². The highest BCUT2D eigenvalue weighted by molar-refractivity contribution is 5.80. The number of hydrogen-bond donors (Lipinski definition) is 1. The van der Waals surface area contributed by atoms with E-state index in [9.17, 15) is 4.79 Å². The first kappa shape index (κ1) is 9.48. The SMILES string of the molecule is CN(C)C(=O)[C@@H]1CC[C@@H](CN)O1. The van der Waals surface area contributed by atoms with Crippen LogP contribution in [0.25, 0.3) is 0 Å². The van der Waals surface area contributed by atoms with Crippen molar-refractivity contribution in [1.82, 2.24) is 4.90 Å². The zero-order valence-corrected chi connectivity index (χ0v) is 7.62. The molecule has 0 radical (unpaired) electrons. The third kappa shape index (κ3) is 1.95. The predicted molar refractivity (Wildman–Crippen MR) is 45.6 cm³/mol. The molecule has 1 heterocycles. The summed E-state index contributed by atoms with van der Waals surface area (Å²) in [5, 5.41) is 0. The molecule has 0 aromatic carbocycles. The molecule has 12 heavy (non-hydrogen) atoms. The number of hydrogen-bond acceptors (Lipinski definition) is 3. The fraction of sp³-hybridized carbons (Fsp3) is 0.875. The van der Waals surface area contributed by atoms with Gasteiger partial charge in [-0.25, -0.2) is 0 Å². The number of ether oxygens (including phenoxy) is 1. The summed E-state index contributed by atoms with van der Waals surface area (Å²) in [5.74, 6) is 0.0472. The van der Waals surface area contributed by atoms with Crippen LogP contribution in [-0.2, 0) is 9.53 Å². The number of nitrogens with two attached hydrogens (primary N) is 1. The van der Waals surface area contributed by atoms with Gasteiger partial charge < -0.3 is 15.4 Å². The average Bonchev–Trinajstić information content (AvgIpc) is 2.50. The molecule has 4 heteroatoms. The lowest BCUT2D eigenvalue weighted by Crippen LogP contribution is -2.34. The van der Waals surface area contributed by atoms with Crippen molar-refractivity contribution < 1.29 is 9.53 Å². The van der Waals surface area contributed by atoms with Gasteiger partial charge in [0.1, 0.15) is 6.10 Å². The molecule has 0 aromatic rings. The highest BCUT2D eigenvalue weighted by Crippen LogP contribution is 2.19. The zero-order valence-electron chi connectivity index (χ0n) is 7.62. The molecule has 2 N–H and O–H groups in total. The van der Waals surface area contributed by atoms with Gasteiger partial charge in [-0.3, -0.25) is 4.79 Å². The van der Waals surface area contributed by atoms with Crippen LogP contribution < -0.4 is 5.73 Å². The topological polar surface area (TPSA) is 55.6 Å². The zero-order chi connectivity index (χ0) is 9.14. The average molecular weight is 172 g/mol. The van der Waals surface area contributed by atoms with E-state index >= 15 is 0 Å². The Kier molecular flexibility index (Phi) is 3.05. The molecule has 0 aromatic heterocycles. The first-order valence-corrected chi connectivity index (χ1v) is 4.22. The van der Waals surface area contributed by atoms with Crippen LogP contribution in [0.4, 0.5) is 0 Å². The van der Waals surface area contributed by atoms with E-state index in [1.807, 2.05) is 0 Å². The maximum atomic E-state index is 11.4. The van der Waals surface area contributed by atoms with Crippen LogP contribution >= 0.6 is 0 Å². The second-order valence-electron chi connectivity index (χ2n) is 3.29. The Bertz CT molecular complexity index is 170. The number of amides is 1. The van der Waals surface area contributed by atoms with Crippen LogP contribution in [0.15, 0.2) is 0 Å². The summed E-state index contributed by atoms with van der Waals surface area (Å²) >= 11 is 0. The van der Waals surface area contributed by atoms with Crippen molar-refractivity contribution >= 4 is 5.91 Å². The number of likely N-dealkylation sites (N-methyl/N-ethyl adjacent to an activating group) is 1. The number of carbonyl (C=O) groups is 1. The lowest BCUT2D eigenvalue weighted by molar-refractivity contribution is -0.140. The summed E-state index contributed by atoms with van der Waals surface area (Å²) in [7, 11) is 3.48. The van der Waals surface area contributed by atoms with Crippen LogP contribution in [0.2, 0.25) is 0 Å². The molecule has 1 saturated heterocycles. The molecule has 4 nitrogen and oxygen atoms in total. The van der Waals surface area contributed by atoms with Gasteiger partial charge in [0, 0.05) is 20.6 Å². The molecule has 0 saturated carbocycles. The van der Waals surface area contributed by atoms with Crippen molar-refractivity contribution in [3.63, 3.8) is 0 Å². The van der Waals surface area contributed by atoms with E-state index in [1.165, 1.54) is 0 Å². The van der Waals surface area contributed by atoms with Crippen molar-refractivity contribution in [3.05, 3.63) is 0 Å². The van der Waals surface area contributed by atoms with Crippen molar-refractivity contribution in [3.8, 4) is 0 Å².